The van der Waals surface area contributed by atoms with Crippen molar-refractivity contribution in [1.82, 2.24) is 9.29 Å². The van der Waals surface area contributed by atoms with Crippen LogP contribution in [0.5, 0.6) is 0 Å². The van der Waals surface area contributed by atoms with Crippen molar-refractivity contribution in [1.29, 1.82) is 0 Å². The summed E-state index contributed by atoms with van der Waals surface area (Å²) < 4.78 is 26.2. The maximum Gasteiger partial charge on any atom is 0.301 e. The molecule has 1 aliphatic heterocycles. The number of benzene rings is 2. The summed E-state index contributed by atoms with van der Waals surface area (Å²) >= 11 is 0.797. The average molecular weight is 526 g/mol. The van der Waals surface area contributed by atoms with E-state index in [1.54, 1.807) is 24.3 Å². The fourth-order valence-corrected chi connectivity index (χ4v) is 6.25. The van der Waals surface area contributed by atoms with Crippen LogP contribution in [0.2, 0.25) is 0 Å². The van der Waals surface area contributed by atoms with E-state index in [9.17, 15) is 23.1 Å². The van der Waals surface area contributed by atoms with Crippen LogP contribution in [0.1, 0.15) is 48.1 Å². The van der Waals surface area contributed by atoms with Gasteiger partial charge >= 0.3 is 5.91 Å². The number of anilines is 1. The Morgan fingerprint density at radius 2 is 1.67 bits per heavy atom. The van der Waals surface area contributed by atoms with E-state index in [0.29, 0.717) is 11.1 Å². The van der Waals surface area contributed by atoms with Gasteiger partial charge in [0.2, 0.25) is 0 Å². The molecule has 4 rings (SSSR count). The molecule has 1 N–H and O–H groups in total. The van der Waals surface area contributed by atoms with Gasteiger partial charge in [0.1, 0.15) is 5.76 Å². The summed E-state index contributed by atoms with van der Waals surface area (Å²) in [6.45, 7) is 6.02. The third-order valence-corrected chi connectivity index (χ3v) is 9.35. The van der Waals surface area contributed by atoms with E-state index in [1.807, 2.05) is 31.2 Å². The number of aliphatic hydroxyl groups is 1. The zero-order valence-corrected chi connectivity index (χ0v) is 22.2. The van der Waals surface area contributed by atoms with Gasteiger partial charge in [0.25, 0.3) is 15.8 Å². The molecule has 1 unspecified atom stereocenters. The maximum atomic E-state index is 13.3. The molecule has 2 heterocycles. The second-order valence-electron chi connectivity index (χ2n) is 9.11. The molecular weight excluding hydrogens is 498 g/mol. The highest BCUT2D eigenvalue weighted by molar-refractivity contribution is 7.91. The van der Waals surface area contributed by atoms with E-state index >= 15 is 0 Å². The van der Waals surface area contributed by atoms with Crippen molar-refractivity contribution in [3.8, 4) is 0 Å². The predicted molar refractivity (Wildman–Crippen MR) is 139 cm³/mol. The fourth-order valence-electron chi connectivity index (χ4n) is 3.94. The van der Waals surface area contributed by atoms with Gasteiger partial charge in [0.15, 0.2) is 9.34 Å². The molecule has 1 fully saturated rings. The van der Waals surface area contributed by atoms with Gasteiger partial charge in [-0.1, -0.05) is 79.3 Å². The fraction of sp³-hybridized carbons (Fsp3) is 0.269. The number of aromatic nitrogens is 1. The van der Waals surface area contributed by atoms with Gasteiger partial charge in [0.05, 0.1) is 17.8 Å². The number of nitrogens with zero attached hydrogens (tertiary/aromatic N) is 3. The van der Waals surface area contributed by atoms with Crippen LogP contribution in [0.4, 0.5) is 5.13 Å². The SMILES string of the molecule is Cc1ccc(C(O)=C2C(=O)C(=O)N(c3ncc(S(=O)(=O)N(C)C)s3)C2c2ccc(C(C)C)cc2)cc1. The molecule has 36 heavy (non-hydrogen) atoms. The Balaban J connectivity index is 1.91. The number of carbonyl (C=O) groups is 2. The van der Waals surface area contributed by atoms with Crippen LogP contribution in [0.3, 0.4) is 0 Å². The van der Waals surface area contributed by atoms with Gasteiger partial charge < -0.3 is 5.11 Å². The first kappa shape index (κ1) is 25.7. The maximum absolute atomic E-state index is 13.3. The summed E-state index contributed by atoms with van der Waals surface area (Å²) in [7, 11) is -0.983. The lowest BCUT2D eigenvalue weighted by atomic mass is 9.93. The highest BCUT2D eigenvalue weighted by atomic mass is 32.2. The number of sulfonamides is 1. The largest absolute Gasteiger partial charge is 0.507 e. The lowest BCUT2D eigenvalue weighted by Gasteiger charge is -2.23. The quantitative estimate of drug-likeness (QED) is 0.289. The molecule has 1 aliphatic rings. The minimum absolute atomic E-state index is 0.0541. The highest BCUT2D eigenvalue weighted by Crippen LogP contribution is 2.44. The van der Waals surface area contributed by atoms with Crippen molar-refractivity contribution >= 4 is 43.9 Å². The number of aryl methyl sites for hydroxylation is 1. The van der Waals surface area contributed by atoms with Crippen molar-refractivity contribution in [3.63, 3.8) is 0 Å². The molecule has 188 valence electrons. The molecule has 3 aromatic rings. The molecule has 0 saturated carbocycles. The Kier molecular flexibility index (Phi) is 6.87. The smallest absolute Gasteiger partial charge is 0.301 e. The van der Waals surface area contributed by atoms with E-state index in [1.165, 1.54) is 25.2 Å². The second kappa shape index (κ2) is 9.61. The van der Waals surface area contributed by atoms with Crippen LogP contribution >= 0.6 is 11.3 Å². The standard InChI is InChI=1S/C26H27N3O5S2/c1-15(2)17-10-12-18(13-11-17)22-21(23(30)19-8-6-16(3)7-9-19)24(31)25(32)29(22)26-27-14-20(35-26)36(33,34)28(4)5/h6-15,22,30H,1-5H3. The number of hydrogen-bond donors (Lipinski definition) is 1. The van der Waals surface area contributed by atoms with Gasteiger partial charge in [-0.05, 0) is 24.0 Å². The Bertz CT molecular complexity index is 1450. The van der Waals surface area contributed by atoms with E-state index < -0.39 is 27.8 Å². The van der Waals surface area contributed by atoms with Crippen molar-refractivity contribution in [2.45, 2.75) is 36.9 Å². The molecule has 0 spiro atoms. The lowest BCUT2D eigenvalue weighted by Crippen LogP contribution is -2.29. The first-order valence-electron chi connectivity index (χ1n) is 11.3. The number of Topliss-reactive ketones (excluding diaryl/α,β-unsaturated/α-hetero) is 1. The van der Waals surface area contributed by atoms with Crippen molar-refractivity contribution in [2.75, 3.05) is 19.0 Å². The highest BCUT2D eigenvalue weighted by Gasteiger charge is 2.48. The number of carbonyl (C=O) groups excluding carboxylic acids is 2. The van der Waals surface area contributed by atoms with Crippen molar-refractivity contribution in [3.05, 3.63) is 82.6 Å². The average Bonchev–Trinajstić information content (AvgIpc) is 3.43. The molecule has 0 aliphatic carbocycles. The number of hydrogen-bond acceptors (Lipinski definition) is 7. The zero-order valence-electron chi connectivity index (χ0n) is 20.6. The lowest BCUT2D eigenvalue weighted by molar-refractivity contribution is -0.132. The molecule has 2 aromatic carbocycles. The molecule has 1 atom stereocenters. The van der Waals surface area contributed by atoms with E-state index in [4.69, 9.17) is 0 Å². The molecule has 1 amide bonds. The zero-order chi connectivity index (χ0) is 26.4. The molecule has 10 heteroatoms. The van der Waals surface area contributed by atoms with Crippen LogP contribution in [-0.4, -0.2) is 48.6 Å². The van der Waals surface area contributed by atoms with Gasteiger partial charge in [-0.25, -0.2) is 17.7 Å². The van der Waals surface area contributed by atoms with Gasteiger partial charge in [-0.15, -0.1) is 0 Å². The van der Waals surface area contributed by atoms with Crippen LogP contribution in [-0.2, 0) is 19.6 Å². The van der Waals surface area contributed by atoms with Gasteiger partial charge in [-0.3, -0.25) is 14.5 Å². The van der Waals surface area contributed by atoms with Crippen LogP contribution in [0, 0.1) is 6.92 Å². The Morgan fingerprint density at radius 1 is 1.06 bits per heavy atom. The predicted octanol–water partition coefficient (Wildman–Crippen LogP) is 4.45. The van der Waals surface area contributed by atoms with Gasteiger partial charge in [-0.2, -0.15) is 0 Å². The topological polar surface area (TPSA) is 108 Å². The van der Waals surface area contributed by atoms with E-state index in [2.05, 4.69) is 18.8 Å². The Morgan fingerprint density at radius 3 is 2.22 bits per heavy atom. The first-order chi connectivity index (χ1) is 16.9. The van der Waals surface area contributed by atoms with Crippen LogP contribution < -0.4 is 4.90 Å². The first-order valence-corrected chi connectivity index (χ1v) is 13.6. The summed E-state index contributed by atoms with van der Waals surface area (Å²) in [4.78, 5) is 31.9. The second-order valence-corrected chi connectivity index (χ2v) is 12.5. The number of ketones is 1. The monoisotopic (exact) mass is 525 g/mol. The summed E-state index contributed by atoms with van der Waals surface area (Å²) in [5.41, 5.74) is 2.97. The Labute approximate surface area is 214 Å². The third-order valence-electron chi connectivity index (χ3n) is 6.10. The number of rotatable bonds is 6. The van der Waals surface area contributed by atoms with Gasteiger partial charge in [0, 0.05) is 19.7 Å². The number of aliphatic hydroxyl groups excluding tert-OH is 1. The molecule has 8 nitrogen and oxygen atoms in total. The summed E-state index contributed by atoms with van der Waals surface area (Å²) in [5.74, 6) is -1.77. The van der Waals surface area contributed by atoms with Crippen molar-refractivity contribution < 1.29 is 23.1 Å². The molecular formula is C26H27N3O5S2. The summed E-state index contributed by atoms with van der Waals surface area (Å²) in [6, 6.07) is 13.4. The molecule has 1 saturated heterocycles. The molecule has 1 aromatic heterocycles. The van der Waals surface area contributed by atoms with E-state index in [0.717, 1.165) is 26.8 Å². The number of amides is 1. The van der Waals surface area contributed by atoms with Crippen molar-refractivity contribution in [2.24, 2.45) is 0 Å². The molecule has 0 bridgehead atoms. The van der Waals surface area contributed by atoms with E-state index in [-0.39, 0.29) is 26.6 Å². The molecule has 0 radical (unpaired) electrons. The van der Waals surface area contributed by atoms with Crippen LogP contribution in [0.15, 0.2) is 64.5 Å². The summed E-state index contributed by atoms with van der Waals surface area (Å²) in [5, 5.41) is 11.3. The normalized spacial score (nSPS) is 18.0. The minimum Gasteiger partial charge on any atom is -0.507 e. The minimum atomic E-state index is -3.79. The number of thiazole rings is 1. The summed E-state index contributed by atoms with van der Waals surface area (Å²) in [6.07, 6.45) is 1.17. The Hall–Kier alpha value is -3.34. The van der Waals surface area contributed by atoms with Crippen LogP contribution in [0.25, 0.3) is 5.76 Å². The third kappa shape index (κ3) is 4.47.